The largest absolute Gasteiger partial charge is 0.496 e. The number of para-hydroxylation sites is 2. The third kappa shape index (κ3) is 3.35. The third-order valence-corrected chi connectivity index (χ3v) is 2.87. The van der Waals surface area contributed by atoms with Crippen LogP contribution in [0.5, 0.6) is 11.5 Å². The summed E-state index contributed by atoms with van der Waals surface area (Å²) in [5.41, 5.74) is 1.66. The summed E-state index contributed by atoms with van der Waals surface area (Å²) in [5.74, 6) is 1.47. The van der Waals surface area contributed by atoms with Crippen molar-refractivity contribution in [2.24, 2.45) is 0 Å². The monoisotopic (exact) mass is 256 g/mol. The standard InChI is InChI=1S/C16H16O3/c1-18-15-8-4-2-6-13(15)10-11-19-16-9-5-3-7-14(16)12-17/h2-9,12H,10-11H2,1H3. The van der Waals surface area contributed by atoms with Crippen LogP contribution in [0, 0.1) is 0 Å². The fourth-order valence-corrected chi connectivity index (χ4v) is 1.89. The highest BCUT2D eigenvalue weighted by atomic mass is 16.5. The minimum absolute atomic E-state index is 0.505. The second-order valence-electron chi connectivity index (χ2n) is 4.07. The van der Waals surface area contributed by atoms with Gasteiger partial charge in [-0.15, -0.1) is 0 Å². The molecule has 0 saturated carbocycles. The highest BCUT2D eigenvalue weighted by Crippen LogP contribution is 2.19. The van der Waals surface area contributed by atoms with Crippen LogP contribution in [0.3, 0.4) is 0 Å². The first-order chi connectivity index (χ1) is 9.35. The molecular weight excluding hydrogens is 240 g/mol. The smallest absolute Gasteiger partial charge is 0.153 e. The minimum atomic E-state index is 0.505. The van der Waals surface area contributed by atoms with E-state index >= 15 is 0 Å². The fourth-order valence-electron chi connectivity index (χ4n) is 1.89. The fraction of sp³-hybridized carbons (Fsp3) is 0.188. The van der Waals surface area contributed by atoms with Gasteiger partial charge in [0.25, 0.3) is 0 Å². The Balaban J connectivity index is 1.98. The molecule has 0 radical (unpaired) electrons. The Bertz CT molecular complexity index is 549. The van der Waals surface area contributed by atoms with Gasteiger partial charge in [0.2, 0.25) is 0 Å². The number of aldehydes is 1. The predicted octanol–water partition coefficient (Wildman–Crippen LogP) is 3.13. The summed E-state index contributed by atoms with van der Waals surface area (Å²) in [5, 5.41) is 0. The number of rotatable bonds is 6. The van der Waals surface area contributed by atoms with Crippen LogP contribution in [0.4, 0.5) is 0 Å². The van der Waals surface area contributed by atoms with E-state index < -0.39 is 0 Å². The van der Waals surface area contributed by atoms with E-state index in [0.717, 1.165) is 24.0 Å². The molecule has 0 spiro atoms. The van der Waals surface area contributed by atoms with Crippen LogP contribution in [-0.2, 0) is 6.42 Å². The van der Waals surface area contributed by atoms with Crippen molar-refractivity contribution >= 4 is 6.29 Å². The summed E-state index contributed by atoms with van der Waals surface area (Å²) in [7, 11) is 1.65. The van der Waals surface area contributed by atoms with E-state index in [1.54, 1.807) is 19.2 Å². The molecule has 0 amide bonds. The molecule has 3 heteroatoms. The molecule has 0 aromatic heterocycles. The second-order valence-corrected chi connectivity index (χ2v) is 4.07. The van der Waals surface area contributed by atoms with E-state index in [0.29, 0.717) is 17.9 Å². The Kier molecular flexibility index (Phi) is 4.56. The van der Waals surface area contributed by atoms with Crippen LogP contribution in [-0.4, -0.2) is 20.0 Å². The molecule has 0 saturated heterocycles. The van der Waals surface area contributed by atoms with Crippen molar-refractivity contribution in [1.82, 2.24) is 0 Å². The van der Waals surface area contributed by atoms with Crippen LogP contribution in [0.25, 0.3) is 0 Å². The van der Waals surface area contributed by atoms with Gasteiger partial charge in [-0.1, -0.05) is 30.3 Å². The minimum Gasteiger partial charge on any atom is -0.496 e. The summed E-state index contributed by atoms with van der Waals surface area (Å²) in [6.07, 6.45) is 1.54. The number of carbonyl (C=O) groups is 1. The SMILES string of the molecule is COc1ccccc1CCOc1ccccc1C=O. The van der Waals surface area contributed by atoms with Gasteiger partial charge in [-0.25, -0.2) is 0 Å². The molecule has 0 N–H and O–H groups in total. The van der Waals surface area contributed by atoms with Crippen LogP contribution in [0.15, 0.2) is 48.5 Å². The van der Waals surface area contributed by atoms with Crippen molar-refractivity contribution in [3.8, 4) is 11.5 Å². The summed E-state index contributed by atoms with van der Waals surface area (Å²) in [6, 6.07) is 15.0. The first-order valence-corrected chi connectivity index (χ1v) is 6.14. The normalized spacial score (nSPS) is 9.95. The second kappa shape index (κ2) is 6.59. The van der Waals surface area contributed by atoms with E-state index in [1.165, 1.54) is 0 Å². The van der Waals surface area contributed by atoms with Crippen LogP contribution in [0.1, 0.15) is 15.9 Å². The lowest BCUT2D eigenvalue weighted by Gasteiger charge is -2.10. The van der Waals surface area contributed by atoms with Gasteiger partial charge < -0.3 is 9.47 Å². The van der Waals surface area contributed by atoms with Crippen LogP contribution < -0.4 is 9.47 Å². The third-order valence-electron chi connectivity index (χ3n) is 2.87. The molecule has 3 nitrogen and oxygen atoms in total. The molecular formula is C16H16O3. The number of ether oxygens (including phenoxy) is 2. The first-order valence-electron chi connectivity index (χ1n) is 6.14. The molecule has 19 heavy (non-hydrogen) atoms. The molecule has 2 aromatic carbocycles. The lowest BCUT2D eigenvalue weighted by atomic mass is 10.1. The summed E-state index contributed by atoms with van der Waals surface area (Å²) < 4.78 is 10.9. The maximum absolute atomic E-state index is 10.9. The molecule has 0 unspecified atom stereocenters. The van der Waals surface area contributed by atoms with Crippen molar-refractivity contribution in [1.29, 1.82) is 0 Å². The number of hydrogen-bond donors (Lipinski definition) is 0. The molecule has 98 valence electrons. The Morgan fingerprint density at radius 3 is 2.42 bits per heavy atom. The Labute approximate surface area is 112 Å². The zero-order valence-corrected chi connectivity index (χ0v) is 10.8. The molecule has 2 aromatic rings. The van der Waals surface area contributed by atoms with Crippen molar-refractivity contribution in [3.63, 3.8) is 0 Å². The lowest BCUT2D eigenvalue weighted by molar-refractivity contribution is 0.111. The Hall–Kier alpha value is -2.29. The molecule has 0 atom stereocenters. The first kappa shape index (κ1) is 13.1. The number of methoxy groups -OCH3 is 1. The van der Waals surface area contributed by atoms with Gasteiger partial charge >= 0.3 is 0 Å². The number of hydrogen-bond acceptors (Lipinski definition) is 3. The quantitative estimate of drug-likeness (QED) is 0.745. The molecule has 2 rings (SSSR count). The molecule has 0 heterocycles. The molecule has 0 bridgehead atoms. The number of benzene rings is 2. The average molecular weight is 256 g/mol. The zero-order valence-electron chi connectivity index (χ0n) is 10.8. The van der Waals surface area contributed by atoms with Crippen LogP contribution in [0.2, 0.25) is 0 Å². The summed E-state index contributed by atoms with van der Waals surface area (Å²) >= 11 is 0. The molecule has 0 aliphatic heterocycles. The van der Waals surface area contributed by atoms with Gasteiger partial charge in [0, 0.05) is 6.42 Å². The van der Waals surface area contributed by atoms with E-state index in [2.05, 4.69) is 0 Å². The highest BCUT2D eigenvalue weighted by molar-refractivity contribution is 5.79. The van der Waals surface area contributed by atoms with E-state index in [9.17, 15) is 4.79 Å². The molecule has 0 fully saturated rings. The van der Waals surface area contributed by atoms with Gasteiger partial charge in [-0.05, 0) is 23.8 Å². The molecule has 0 aliphatic rings. The average Bonchev–Trinajstić information content (AvgIpc) is 2.48. The van der Waals surface area contributed by atoms with Gasteiger partial charge in [0.05, 0.1) is 19.3 Å². The van der Waals surface area contributed by atoms with Gasteiger partial charge in [0.15, 0.2) is 6.29 Å². The van der Waals surface area contributed by atoms with E-state index in [-0.39, 0.29) is 0 Å². The Morgan fingerprint density at radius 2 is 1.68 bits per heavy atom. The van der Waals surface area contributed by atoms with Crippen molar-refractivity contribution in [2.45, 2.75) is 6.42 Å². The maximum atomic E-state index is 10.9. The van der Waals surface area contributed by atoms with Crippen molar-refractivity contribution in [2.75, 3.05) is 13.7 Å². The summed E-state index contributed by atoms with van der Waals surface area (Å²) in [4.78, 5) is 10.9. The Morgan fingerprint density at radius 1 is 1.00 bits per heavy atom. The maximum Gasteiger partial charge on any atom is 0.153 e. The van der Waals surface area contributed by atoms with Crippen molar-refractivity contribution in [3.05, 3.63) is 59.7 Å². The van der Waals surface area contributed by atoms with E-state index in [1.807, 2.05) is 36.4 Å². The topological polar surface area (TPSA) is 35.5 Å². The van der Waals surface area contributed by atoms with Gasteiger partial charge in [0.1, 0.15) is 11.5 Å². The lowest BCUT2D eigenvalue weighted by Crippen LogP contribution is -2.04. The summed E-state index contributed by atoms with van der Waals surface area (Å²) in [6.45, 7) is 0.505. The zero-order chi connectivity index (χ0) is 13.5. The van der Waals surface area contributed by atoms with Gasteiger partial charge in [-0.3, -0.25) is 4.79 Å². The van der Waals surface area contributed by atoms with Crippen molar-refractivity contribution < 1.29 is 14.3 Å². The highest BCUT2D eigenvalue weighted by Gasteiger charge is 2.04. The van der Waals surface area contributed by atoms with Gasteiger partial charge in [-0.2, -0.15) is 0 Å². The number of carbonyl (C=O) groups excluding carboxylic acids is 1. The predicted molar refractivity (Wildman–Crippen MR) is 74.0 cm³/mol. The molecule has 0 aliphatic carbocycles. The van der Waals surface area contributed by atoms with Crippen LogP contribution >= 0.6 is 0 Å². The van der Waals surface area contributed by atoms with E-state index in [4.69, 9.17) is 9.47 Å².